The Labute approximate surface area is 171 Å². The second-order valence-electron chi connectivity index (χ2n) is 7.92. The van der Waals surface area contributed by atoms with E-state index in [0.29, 0.717) is 6.42 Å². The van der Waals surface area contributed by atoms with Gasteiger partial charge in [0.25, 0.3) is 0 Å². The van der Waals surface area contributed by atoms with Gasteiger partial charge in [0.1, 0.15) is 0 Å². The molecule has 170 valence electrons. The van der Waals surface area contributed by atoms with E-state index in [2.05, 4.69) is 9.62 Å². The summed E-state index contributed by atoms with van der Waals surface area (Å²) >= 11 is 0. The number of hydrogen-bond donors (Lipinski definition) is 1. The Bertz CT molecular complexity index is 815. The number of nitrogens with zero attached hydrogens (tertiary/aromatic N) is 1. The van der Waals surface area contributed by atoms with Gasteiger partial charge in [-0.25, -0.2) is 13.1 Å². The molecule has 11 heteroatoms. The first kappa shape index (κ1) is 23.3. The second-order valence-corrected chi connectivity index (χ2v) is 9.63. The van der Waals surface area contributed by atoms with Crippen LogP contribution in [-0.2, 0) is 22.4 Å². The van der Waals surface area contributed by atoms with Gasteiger partial charge in [-0.05, 0) is 57.0 Å². The minimum Gasteiger partial charge on any atom is -0.299 e. The van der Waals surface area contributed by atoms with Crippen molar-refractivity contribution in [3.63, 3.8) is 0 Å². The maximum Gasteiger partial charge on any atom is 0.416 e. The topological polar surface area (TPSA) is 49.4 Å². The van der Waals surface area contributed by atoms with Gasteiger partial charge in [0.05, 0.1) is 16.0 Å². The van der Waals surface area contributed by atoms with E-state index in [9.17, 15) is 34.8 Å². The molecule has 2 aliphatic rings. The van der Waals surface area contributed by atoms with Crippen LogP contribution in [0.5, 0.6) is 0 Å². The Kier molecular flexibility index (Phi) is 6.74. The van der Waals surface area contributed by atoms with Gasteiger partial charge in [0, 0.05) is 12.1 Å². The van der Waals surface area contributed by atoms with Gasteiger partial charge < -0.3 is 0 Å². The van der Waals surface area contributed by atoms with Crippen LogP contribution in [0.3, 0.4) is 0 Å². The normalized spacial score (nSPS) is 24.7. The van der Waals surface area contributed by atoms with Gasteiger partial charge in [-0.15, -0.1) is 0 Å². The first-order chi connectivity index (χ1) is 13.9. The van der Waals surface area contributed by atoms with Gasteiger partial charge in [0.15, 0.2) is 0 Å². The summed E-state index contributed by atoms with van der Waals surface area (Å²) in [5.41, 5.74) is -3.29. The highest BCUT2D eigenvalue weighted by Crippen LogP contribution is 2.37. The molecule has 1 saturated heterocycles. The van der Waals surface area contributed by atoms with Crippen molar-refractivity contribution in [2.75, 3.05) is 13.1 Å². The number of sulfonamides is 1. The zero-order chi connectivity index (χ0) is 22.2. The predicted molar refractivity (Wildman–Crippen MR) is 98.2 cm³/mol. The molecule has 2 atom stereocenters. The summed E-state index contributed by atoms with van der Waals surface area (Å²) in [7, 11) is -4.57. The van der Waals surface area contributed by atoms with Gasteiger partial charge in [-0.3, -0.25) is 4.90 Å². The third-order valence-corrected chi connectivity index (χ3v) is 7.24. The monoisotopic (exact) mass is 458 g/mol. The number of piperidine rings is 1. The van der Waals surface area contributed by atoms with Crippen molar-refractivity contribution in [2.45, 2.75) is 74.3 Å². The largest absolute Gasteiger partial charge is 0.416 e. The lowest BCUT2D eigenvalue weighted by Crippen LogP contribution is -2.54. The van der Waals surface area contributed by atoms with Gasteiger partial charge in [0.2, 0.25) is 10.0 Å². The number of hydrogen-bond acceptors (Lipinski definition) is 3. The molecule has 1 aromatic carbocycles. The van der Waals surface area contributed by atoms with Crippen molar-refractivity contribution < 1.29 is 34.8 Å². The zero-order valence-corrected chi connectivity index (χ0v) is 17.0. The van der Waals surface area contributed by atoms with Crippen molar-refractivity contribution in [2.24, 2.45) is 0 Å². The maximum atomic E-state index is 13.1. The second kappa shape index (κ2) is 8.66. The molecule has 0 bridgehead atoms. The molecule has 0 unspecified atom stereocenters. The summed E-state index contributed by atoms with van der Waals surface area (Å²) in [5.74, 6) is 0. The fraction of sp³-hybridized carbons (Fsp3) is 0.684. The van der Waals surface area contributed by atoms with Crippen molar-refractivity contribution >= 4 is 10.0 Å². The fourth-order valence-electron chi connectivity index (χ4n) is 4.28. The minimum absolute atomic E-state index is 0.0732. The summed E-state index contributed by atoms with van der Waals surface area (Å²) in [6, 6.07) is -0.213. The summed E-state index contributed by atoms with van der Waals surface area (Å²) in [4.78, 5) is 1.16. The number of alkyl halides is 6. The maximum absolute atomic E-state index is 13.1. The average Bonchev–Trinajstić information content (AvgIpc) is 2.67. The lowest BCUT2D eigenvalue weighted by atomic mass is 9.89. The number of rotatable bonds is 4. The third kappa shape index (κ3) is 5.47. The molecule has 0 radical (unpaired) electrons. The average molecular weight is 458 g/mol. The van der Waals surface area contributed by atoms with Crippen LogP contribution >= 0.6 is 0 Å². The Balaban J connectivity index is 1.92. The van der Waals surface area contributed by atoms with Crippen LogP contribution in [0.1, 0.15) is 56.1 Å². The van der Waals surface area contributed by atoms with Crippen molar-refractivity contribution in [3.8, 4) is 0 Å². The highest BCUT2D eigenvalue weighted by Gasteiger charge is 2.39. The highest BCUT2D eigenvalue weighted by atomic mass is 32.2. The van der Waals surface area contributed by atoms with E-state index >= 15 is 0 Å². The van der Waals surface area contributed by atoms with E-state index in [1.165, 1.54) is 0 Å². The van der Waals surface area contributed by atoms with Gasteiger partial charge in [-0.1, -0.05) is 19.3 Å². The molecule has 1 aliphatic heterocycles. The van der Waals surface area contributed by atoms with Crippen molar-refractivity contribution in [1.82, 2.24) is 9.62 Å². The molecule has 4 nitrogen and oxygen atoms in total. The summed E-state index contributed by atoms with van der Waals surface area (Å²) in [6.45, 7) is 1.62. The first-order valence-electron chi connectivity index (χ1n) is 9.94. The Hall–Kier alpha value is -1.33. The van der Waals surface area contributed by atoms with Crippen molar-refractivity contribution in [3.05, 3.63) is 29.3 Å². The lowest BCUT2D eigenvalue weighted by molar-refractivity contribution is -0.143. The standard InChI is InChI=1S/C19H24F6N2O2S/c20-18(21,22)13-10-14(19(23,24)25)12-15(11-13)30(28,29)26-16-6-2-3-7-17(16)27-8-4-1-5-9-27/h10-12,16-17,26H,1-9H2/t16-,17-/m1/s1. The van der Waals surface area contributed by atoms with E-state index in [1.54, 1.807) is 0 Å². The van der Waals surface area contributed by atoms with Crippen LogP contribution in [0, 0.1) is 0 Å². The molecule has 0 amide bonds. The summed E-state index contributed by atoms with van der Waals surface area (Å²) in [5, 5.41) is 0. The number of halogens is 6. The van der Waals surface area contributed by atoms with E-state index in [4.69, 9.17) is 0 Å². The smallest absolute Gasteiger partial charge is 0.299 e. The Morgan fingerprint density at radius 3 is 1.87 bits per heavy atom. The van der Waals surface area contributed by atoms with Crippen LogP contribution in [0.2, 0.25) is 0 Å². The molecule has 1 heterocycles. The lowest BCUT2D eigenvalue weighted by Gasteiger charge is -2.41. The zero-order valence-electron chi connectivity index (χ0n) is 16.2. The molecule has 1 N–H and O–H groups in total. The van der Waals surface area contributed by atoms with Crippen LogP contribution in [0.25, 0.3) is 0 Å². The molecule has 0 aromatic heterocycles. The summed E-state index contributed by atoms with van der Waals surface area (Å²) in [6.07, 6.45) is -4.27. The number of likely N-dealkylation sites (tertiary alicyclic amines) is 1. The molecule has 2 fully saturated rings. The molecule has 30 heavy (non-hydrogen) atoms. The van der Waals surface area contributed by atoms with Crippen LogP contribution in [0.4, 0.5) is 26.3 Å². The third-order valence-electron chi connectivity index (χ3n) is 5.77. The van der Waals surface area contributed by atoms with E-state index in [1.807, 2.05) is 0 Å². The predicted octanol–water partition coefficient (Wildman–Crippen LogP) is 4.80. The number of nitrogens with one attached hydrogen (secondary N) is 1. The molecule has 1 saturated carbocycles. The quantitative estimate of drug-likeness (QED) is 0.660. The van der Waals surface area contributed by atoms with Crippen LogP contribution in [-0.4, -0.2) is 38.5 Å². The minimum atomic E-state index is -5.10. The van der Waals surface area contributed by atoms with E-state index < -0.39 is 44.4 Å². The highest BCUT2D eigenvalue weighted by molar-refractivity contribution is 7.89. The van der Waals surface area contributed by atoms with Crippen molar-refractivity contribution in [1.29, 1.82) is 0 Å². The van der Waals surface area contributed by atoms with Gasteiger partial charge >= 0.3 is 12.4 Å². The number of benzene rings is 1. The molecule has 1 aliphatic carbocycles. The van der Waals surface area contributed by atoms with Gasteiger partial charge in [-0.2, -0.15) is 26.3 Å². The van der Waals surface area contributed by atoms with Crippen LogP contribution < -0.4 is 4.72 Å². The Morgan fingerprint density at radius 1 is 0.800 bits per heavy atom. The SMILES string of the molecule is O=S(=O)(N[C@@H]1CCCC[C@H]1N1CCCCC1)c1cc(C(F)(F)F)cc(C(F)(F)F)c1. The molecule has 0 spiro atoms. The molecular weight excluding hydrogens is 434 g/mol. The Morgan fingerprint density at radius 2 is 1.33 bits per heavy atom. The first-order valence-corrected chi connectivity index (χ1v) is 11.4. The fourth-order valence-corrected chi connectivity index (χ4v) is 5.66. The molecule has 1 aromatic rings. The van der Waals surface area contributed by atoms with Crippen LogP contribution in [0.15, 0.2) is 23.1 Å². The summed E-state index contributed by atoms with van der Waals surface area (Å²) < 4.78 is 107. The molecular formula is C19H24F6N2O2S. The van der Waals surface area contributed by atoms with E-state index in [-0.39, 0.29) is 24.2 Å². The molecule has 3 rings (SSSR count). The van der Waals surface area contributed by atoms with E-state index in [0.717, 1.165) is 51.6 Å².